The van der Waals surface area contributed by atoms with Gasteiger partial charge in [0, 0.05) is 0 Å². The molecule has 4 aromatic heterocycles. The van der Waals surface area contributed by atoms with Crippen molar-refractivity contribution in [3.05, 3.63) is 115 Å². The average Bonchev–Trinajstić information content (AvgIpc) is 3.69. The van der Waals surface area contributed by atoms with E-state index in [-0.39, 0.29) is 0 Å². The largest absolute Gasteiger partial charge is 0.276 e. The lowest BCUT2D eigenvalue weighted by atomic mass is 10.00. The smallest absolute Gasteiger partial charge is 0.223 e. The first-order chi connectivity index (χ1) is 19.7. The van der Waals surface area contributed by atoms with E-state index in [9.17, 15) is 0 Å². The second-order valence-electron chi connectivity index (χ2n) is 10.9. The van der Waals surface area contributed by atoms with Crippen LogP contribution in [-0.4, -0.2) is 23.2 Å². The number of rotatable bonds is 1. The van der Waals surface area contributed by atoms with Crippen LogP contribution in [-0.2, 0) is 0 Å². The molecular formula is C35H21N5. The molecule has 5 nitrogen and oxygen atoms in total. The Morgan fingerprint density at radius 2 is 0.950 bits per heavy atom. The van der Waals surface area contributed by atoms with Crippen LogP contribution >= 0.6 is 0 Å². The summed E-state index contributed by atoms with van der Waals surface area (Å²) in [4.78, 5) is 10.4. The molecule has 0 aliphatic rings. The second kappa shape index (κ2) is 6.96. The molecule has 0 amide bonds. The predicted molar refractivity (Wildman–Crippen MR) is 164 cm³/mol. The van der Waals surface area contributed by atoms with Crippen molar-refractivity contribution in [2.45, 2.75) is 6.92 Å². The summed E-state index contributed by atoms with van der Waals surface area (Å²) in [5.41, 5.74) is 11.3. The van der Waals surface area contributed by atoms with E-state index in [1.54, 1.807) is 0 Å². The minimum atomic E-state index is 0.891. The van der Waals surface area contributed by atoms with Gasteiger partial charge in [-0.25, -0.2) is 14.4 Å². The third-order valence-corrected chi connectivity index (χ3v) is 8.64. The molecule has 10 rings (SSSR count). The van der Waals surface area contributed by atoms with Gasteiger partial charge in [-0.05, 0) is 81.6 Å². The summed E-state index contributed by atoms with van der Waals surface area (Å²) in [7, 11) is 0. The van der Waals surface area contributed by atoms with Gasteiger partial charge < -0.3 is 0 Å². The van der Waals surface area contributed by atoms with Crippen LogP contribution in [0.1, 0.15) is 5.56 Å². The molecule has 0 aliphatic carbocycles. The van der Waals surface area contributed by atoms with Crippen molar-refractivity contribution < 1.29 is 0 Å². The van der Waals surface area contributed by atoms with Crippen molar-refractivity contribution in [2.24, 2.45) is 0 Å². The first kappa shape index (κ1) is 20.5. The quantitative estimate of drug-likeness (QED) is 0.222. The Bertz CT molecular complexity index is 2510. The highest BCUT2D eigenvalue weighted by atomic mass is 15.3. The fourth-order valence-corrected chi connectivity index (χ4v) is 6.79. The summed E-state index contributed by atoms with van der Waals surface area (Å²) < 4.78 is 6.89. The van der Waals surface area contributed by atoms with Gasteiger partial charge in [0.1, 0.15) is 5.52 Å². The highest BCUT2D eigenvalue weighted by Crippen LogP contribution is 2.39. The van der Waals surface area contributed by atoms with Gasteiger partial charge in [0.2, 0.25) is 11.6 Å². The van der Waals surface area contributed by atoms with Gasteiger partial charge in [-0.1, -0.05) is 72.8 Å². The maximum Gasteiger partial charge on any atom is 0.223 e. The van der Waals surface area contributed by atoms with E-state index in [0.29, 0.717) is 0 Å². The topological polar surface area (TPSA) is 39.0 Å². The SMILES string of the molecule is Cc1ccccc1-c1cc2c3c(c1)n1c4cc5ccccc5cc4nc1n3c1nc3cc4ccccc4cc3n21. The maximum absolute atomic E-state index is 5.22. The molecule has 0 aliphatic heterocycles. The normalized spacial score (nSPS) is 12.6. The van der Waals surface area contributed by atoms with Crippen molar-refractivity contribution in [1.29, 1.82) is 0 Å². The zero-order valence-electron chi connectivity index (χ0n) is 21.6. The van der Waals surface area contributed by atoms with E-state index < -0.39 is 0 Å². The Morgan fingerprint density at radius 1 is 0.475 bits per heavy atom. The molecule has 5 heteroatoms. The van der Waals surface area contributed by atoms with Crippen molar-refractivity contribution >= 4 is 71.7 Å². The fraction of sp³-hybridized carbons (Fsp3) is 0.0286. The van der Waals surface area contributed by atoms with E-state index in [0.717, 1.165) is 50.2 Å². The van der Waals surface area contributed by atoms with E-state index in [1.807, 2.05) is 0 Å². The standard InChI is InChI=1S/C35H21N5/c1-20-8-2-7-13-26(20)25-18-31-33-32(19-25)39-30-17-24-12-6-4-10-22(24)15-28(30)37-35(39)40(33)34-36-27-14-21-9-3-5-11-23(21)16-29(27)38(31)34/h2-19H,1H3. The highest BCUT2D eigenvalue weighted by Gasteiger charge is 2.25. The number of benzene rings is 6. The molecule has 6 aromatic carbocycles. The molecule has 40 heavy (non-hydrogen) atoms. The number of fused-ring (bicyclic) bond motifs is 12. The minimum absolute atomic E-state index is 0.891. The molecule has 0 spiro atoms. The monoisotopic (exact) mass is 511 g/mol. The Labute approximate surface area is 227 Å². The number of aryl methyl sites for hydroxylation is 1. The Hall–Kier alpha value is -5.42. The molecule has 0 saturated heterocycles. The van der Waals surface area contributed by atoms with Crippen molar-refractivity contribution in [2.75, 3.05) is 0 Å². The van der Waals surface area contributed by atoms with Crippen molar-refractivity contribution in [1.82, 2.24) is 23.2 Å². The molecular weight excluding hydrogens is 490 g/mol. The van der Waals surface area contributed by atoms with Crippen LogP contribution in [0, 0.1) is 6.92 Å². The molecule has 186 valence electrons. The number of imidazole rings is 4. The lowest BCUT2D eigenvalue weighted by Crippen LogP contribution is -1.89. The number of aromatic nitrogens is 5. The van der Waals surface area contributed by atoms with Gasteiger partial charge in [0.15, 0.2) is 0 Å². The molecule has 0 fully saturated rings. The first-order valence-electron chi connectivity index (χ1n) is 13.6. The van der Waals surface area contributed by atoms with Crippen molar-refractivity contribution in [3.8, 4) is 11.1 Å². The third kappa shape index (κ3) is 2.43. The van der Waals surface area contributed by atoms with Gasteiger partial charge in [-0.2, -0.15) is 0 Å². The molecule has 0 N–H and O–H groups in total. The summed E-state index contributed by atoms with van der Waals surface area (Å²) in [6.07, 6.45) is 0. The van der Waals surface area contributed by atoms with Crippen LogP contribution in [0.25, 0.3) is 82.8 Å². The molecule has 0 radical (unpaired) electrons. The molecule has 0 saturated carbocycles. The second-order valence-corrected chi connectivity index (χ2v) is 10.9. The van der Waals surface area contributed by atoms with E-state index >= 15 is 0 Å². The maximum atomic E-state index is 5.22. The zero-order chi connectivity index (χ0) is 26.1. The Morgan fingerprint density at radius 3 is 1.48 bits per heavy atom. The lowest BCUT2D eigenvalue weighted by Gasteiger charge is -2.08. The fourth-order valence-electron chi connectivity index (χ4n) is 6.79. The van der Waals surface area contributed by atoms with Gasteiger partial charge in [-0.3, -0.25) is 8.80 Å². The first-order valence-corrected chi connectivity index (χ1v) is 13.6. The summed E-state index contributed by atoms with van der Waals surface area (Å²) in [6.45, 7) is 2.18. The lowest BCUT2D eigenvalue weighted by molar-refractivity contribution is 1.15. The Kier molecular flexibility index (Phi) is 3.57. The van der Waals surface area contributed by atoms with E-state index in [4.69, 9.17) is 9.97 Å². The summed E-state index contributed by atoms with van der Waals surface area (Å²) >= 11 is 0. The van der Waals surface area contributed by atoms with Gasteiger partial charge in [-0.15, -0.1) is 0 Å². The third-order valence-electron chi connectivity index (χ3n) is 8.64. The predicted octanol–water partition coefficient (Wildman–Crippen LogP) is 8.41. The molecule has 10 aromatic rings. The average molecular weight is 512 g/mol. The zero-order valence-corrected chi connectivity index (χ0v) is 21.6. The van der Waals surface area contributed by atoms with Crippen LogP contribution in [0.15, 0.2) is 109 Å². The minimum Gasteiger partial charge on any atom is -0.276 e. The van der Waals surface area contributed by atoms with Crippen LogP contribution in [0.2, 0.25) is 0 Å². The van der Waals surface area contributed by atoms with Crippen LogP contribution in [0.3, 0.4) is 0 Å². The van der Waals surface area contributed by atoms with E-state index in [2.05, 4.69) is 129 Å². The molecule has 0 bridgehead atoms. The Balaban J connectivity index is 1.47. The highest BCUT2D eigenvalue weighted by molar-refractivity contribution is 6.08. The number of hydrogen-bond acceptors (Lipinski definition) is 2. The number of nitrogens with zero attached hydrogens (tertiary/aromatic N) is 5. The summed E-state index contributed by atoms with van der Waals surface area (Å²) in [5, 5.41) is 4.82. The number of hydrogen-bond donors (Lipinski definition) is 0. The molecule has 4 heterocycles. The molecule has 0 atom stereocenters. The van der Waals surface area contributed by atoms with Crippen LogP contribution < -0.4 is 0 Å². The summed E-state index contributed by atoms with van der Waals surface area (Å²) in [5.74, 6) is 1.78. The molecule has 0 unspecified atom stereocenters. The van der Waals surface area contributed by atoms with E-state index in [1.165, 1.54) is 38.2 Å². The van der Waals surface area contributed by atoms with Crippen LogP contribution in [0.5, 0.6) is 0 Å². The summed E-state index contributed by atoms with van der Waals surface area (Å²) in [6, 6.07) is 39.2. The van der Waals surface area contributed by atoms with Crippen molar-refractivity contribution in [3.63, 3.8) is 0 Å². The van der Waals surface area contributed by atoms with Crippen LogP contribution in [0.4, 0.5) is 0 Å². The van der Waals surface area contributed by atoms with Gasteiger partial charge in [0.05, 0.1) is 33.1 Å². The van der Waals surface area contributed by atoms with Gasteiger partial charge >= 0.3 is 0 Å². The van der Waals surface area contributed by atoms with Gasteiger partial charge in [0.25, 0.3) is 0 Å².